The first-order valence-corrected chi connectivity index (χ1v) is 11.3. The molecule has 2 rings (SSSR count). The monoisotopic (exact) mass is 396 g/mol. The molecule has 1 amide bonds. The molecule has 1 fully saturated rings. The fourth-order valence-electron chi connectivity index (χ4n) is 3.49. The van der Waals surface area contributed by atoms with E-state index in [2.05, 4.69) is 12.2 Å². The van der Waals surface area contributed by atoms with Gasteiger partial charge in [0.15, 0.2) is 0 Å². The van der Waals surface area contributed by atoms with E-state index in [4.69, 9.17) is 4.74 Å². The zero-order chi connectivity index (χ0) is 20.0. The van der Waals surface area contributed by atoms with Crippen molar-refractivity contribution in [1.82, 2.24) is 9.62 Å². The lowest BCUT2D eigenvalue weighted by Gasteiger charge is -2.32. The smallest absolute Gasteiger partial charge is 0.243 e. The van der Waals surface area contributed by atoms with Gasteiger partial charge in [0.25, 0.3) is 0 Å². The van der Waals surface area contributed by atoms with Crippen LogP contribution >= 0.6 is 0 Å². The van der Waals surface area contributed by atoms with E-state index in [1.165, 1.54) is 4.31 Å². The Morgan fingerprint density at radius 2 is 2.11 bits per heavy atom. The molecule has 0 unspecified atom stereocenters. The summed E-state index contributed by atoms with van der Waals surface area (Å²) in [6, 6.07) is 5.04. The summed E-state index contributed by atoms with van der Waals surface area (Å²) >= 11 is 0. The Morgan fingerprint density at radius 3 is 2.74 bits per heavy atom. The quantitative estimate of drug-likeness (QED) is 0.733. The Kier molecular flexibility index (Phi) is 7.68. The summed E-state index contributed by atoms with van der Waals surface area (Å²) in [4.78, 5) is 12.8. The van der Waals surface area contributed by atoms with Gasteiger partial charge in [0.1, 0.15) is 5.75 Å². The lowest BCUT2D eigenvalue weighted by atomic mass is 9.98. The number of aryl methyl sites for hydroxylation is 1. The van der Waals surface area contributed by atoms with Gasteiger partial charge in [-0.25, -0.2) is 8.42 Å². The molecule has 152 valence electrons. The Bertz CT molecular complexity index is 748. The number of hydrogen-bond donors (Lipinski definition) is 1. The third-order valence-electron chi connectivity index (χ3n) is 4.95. The van der Waals surface area contributed by atoms with Crippen LogP contribution in [0.5, 0.6) is 5.75 Å². The normalized spacial score (nSPS) is 19.5. The second kappa shape index (κ2) is 9.55. The van der Waals surface area contributed by atoms with E-state index in [0.717, 1.165) is 24.8 Å². The van der Waals surface area contributed by atoms with Crippen molar-refractivity contribution < 1.29 is 17.9 Å². The summed E-state index contributed by atoms with van der Waals surface area (Å²) in [5, 5.41) is 3.02. The number of nitrogens with zero attached hydrogens (tertiary/aromatic N) is 1. The van der Waals surface area contributed by atoms with Gasteiger partial charge in [0.05, 0.1) is 17.4 Å². The summed E-state index contributed by atoms with van der Waals surface area (Å²) < 4.78 is 33.0. The second-order valence-corrected chi connectivity index (χ2v) is 9.20. The molecule has 0 bridgehead atoms. The van der Waals surface area contributed by atoms with Gasteiger partial charge in [-0.3, -0.25) is 4.79 Å². The minimum absolute atomic E-state index is 0.0428. The molecule has 0 radical (unpaired) electrons. The highest BCUT2D eigenvalue weighted by Crippen LogP contribution is 2.27. The molecule has 1 aromatic rings. The molecule has 0 aliphatic carbocycles. The number of benzene rings is 1. The number of amides is 1. The van der Waals surface area contributed by atoms with Crippen LogP contribution in [0.4, 0.5) is 0 Å². The maximum Gasteiger partial charge on any atom is 0.243 e. The van der Waals surface area contributed by atoms with E-state index in [0.29, 0.717) is 25.3 Å². The van der Waals surface area contributed by atoms with Crippen LogP contribution in [0.1, 0.15) is 52.0 Å². The standard InChI is InChI=1S/C20H32N2O4S/c1-5-8-16(4)21-20(23)17-9-7-12-22(14-17)27(24,25)18-10-11-19(26-6-2)15(3)13-18/h10-11,13,16-17H,5-9,12,14H2,1-4H3,(H,21,23)/t16-,17-/m0/s1. The van der Waals surface area contributed by atoms with Gasteiger partial charge in [-0.1, -0.05) is 13.3 Å². The van der Waals surface area contributed by atoms with Crippen LogP contribution in [0, 0.1) is 12.8 Å². The summed E-state index contributed by atoms with van der Waals surface area (Å²) in [5.41, 5.74) is 0.789. The van der Waals surface area contributed by atoms with Crippen molar-refractivity contribution in [2.45, 2.75) is 64.3 Å². The zero-order valence-corrected chi connectivity index (χ0v) is 17.6. The maximum atomic E-state index is 13.1. The van der Waals surface area contributed by atoms with Crippen molar-refractivity contribution >= 4 is 15.9 Å². The van der Waals surface area contributed by atoms with Crippen LogP contribution in [0.3, 0.4) is 0 Å². The lowest BCUT2D eigenvalue weighted by molar-refractivity contribution is -0.126. The SMILES string of the molecule is CCC[C@H](C)NC(=O)[C@H]1CCCN(S(=O)(=O)c2ccc(OCC)c(C)c2)C1. The molecular weight excluding hydrogens is 364 g/mol. The zero-order valence-electron chi connectivity index (χ0n) is 16.8. The third kappa shape index (κ3) is 5.45. The van der Waals surface area contributed by atoms with Gasteiger partial charge < -0.3 is 10.1 Å². The third-order valence-corrected chi connectivity index (χ3v) is 6.81. The molecule has 7 heteroatoms. The van der Waals surface area contributed by atoms with Crippen molar-refractivity contribution in [3.05, 3.63) is 23.8 Å². The van der Waals surface area contributed by atoms with E-state index >= 15 is 0 Å². The van der Waals surface area contributed by atoms with E-state index in [9.17, 15) is 13.2 Å². The number of nitrogens with one attached hydrogen (secondary N) is 1. The van der Waals surface area contributed by atoms with E-state index in [1.807, 2.05) is 20.8 Å². The molecule has 1 aromatic carbocycles. The number of piperidine rings is 1. The van der Waals surface area contributed by atoms with Crippen molar-refractivity contribution in [3.63, 3.8) is 0 Å². The average molecular weight is 397 g/mol. The molecule has 27 heavy (non-hydrogen) atoms. The molecule has 1 N–H and O–H groups in total. The molecule has 6 nitrogen and oxygen atoms in total. The molecule has 0 aromatic heterocycles. The van der Waals surface area contributed by atoms with Crippen molar-refractivity contribution in [3.8, 4) is 5.75 Å². The molecule has 1 heterocycles. The number of carbonyl (C=O) groups is 1. The van der Waals surface area contributed by atoms with Gasteiger partial charge in [-0.15, -0.1) is 0 Å². The van der Waals surface area contributed by atoms with Crippen molar-refractivity contribution in [2.24, 2.45) is 5.92 Å². The van der Waals surface area contributed by atoms with Crippen LogP contribution in [-0.4, -0.2) is 44.4 Å². The molecule has 0 spiro atoms. The number of sulfonamides is 1. The number of hydrogen-bond acceptors (Lipinski definition) is 4. The van der Waals surface area contributed by atoms with Crippen LogP contribution in [0.2, 0.25) is 0 Å². The van der Waals surface area contributed by atoms with E-state index in [-0.39, 0.29) is 29.3 Å². The fourth-order valence-corrected chi connectivity index (χ4v) is 5.10. The summed E-state index contributed by atoms with van der Waals surface area (Å²) in [7, 11) is -3.62. The second-order valence-electron chi connectivity index (χ2n) is 7.26. The van der Waals surface area contributed by atoms with Crippen LogP contribution in [-0.2, 0) is 14.8 Å². The van der Waals surface area contributed by atoms with Gasteiger partial charge >= 0.3 is 0 Å². The minimum atomic E-state index is -3.62. The summed E-state index contributed by atoms with van der Waals surface area (Å²) in [6.45, 7) is 9.02. The topological polar surface area (TPSA) is 75.7 Å². The first-order valence-electron chi connectivity index (χ1n) is 9.83. The van der Waals surface area contributed by atoms with Gasteiger partial charge in [-0.05, 0) is 63.8 Å². The van der Waals surface area contributed by atoms with Gasteiger partial charge in [-0.2, -0.15) is 4.31 Å². The van der Waals surface area contributed by atoms with Gasteiger partial charge in [0, 0.05) is 19.1 Å². The molecule has 1 aliphatic heterocycles. The lowest BCUT2D eigenvalue weighted by Crippen LogP contribution is -2.47. The maximum absolute atomic E-state index is 13.1. The highest BCUT2D eigenvalue weighted by molar-refractivity contribution is 7.89. The van der Waals surface area contributed by atoms with Crippen molar-refractivity contribution in [1.29, 1.82) is 0 Å². The first-order chi connectivity index (χ1) is 12.8. The Balaban J connectivity index is 2.12. The van der Waals surface area contributed by atoms with Crippen LogP contribution < -0.4 is 10.1 Å². The molecule has 1 saturated heterocycles. The Labute approximate surface area is 163 Å². The predicted octanol–water partition coefficient (Wildman–Crippen LogP) is 3.10. The largest absolute Gasteiger partial charge is 0.494 e. The predicted molar refractivity (Wildman–Crippen MR) is 106 cm³/mol. The molecular formula is C20H32N2O4S. The summed E-state index contributed by atoms with van der Waals surface area (Å²) in [6.07, 6.45) is 3.34. The minimum Gasteiger partial charge on any atom is -0.494 e. The van der Waals surface area contributed by atoms with E-state index in [1.54, 1.807) is 18.2 Å². The average Bonchev–Trinajstić information content (AvgIpc) is 2.63. The Hall–Kier alpha value is -1.60. The molecule has 0 saturated carbocycles. The number of carbonyl (C=O) groups excluding carboxylic acids is 1. The van der Waals surface area contributed by atoms with Crippen LogP contribution in [0.25, 0.3) is 0 Å². The van der Waals surface area contributed by atoms with Gasteiger partial charge in [0.2, 0.25) is 15.9 Å². The number of rotatable bonds is 8. The first kappa shape index (κ1) is 21.7. The fraction of sp³-hybridized carbons (Fsp3) is 0.650. The highest BCUT2D eigenvalue weighted by atomic mass is 32.2. The highest BCUT2D eigenvalue weighted by Gasteiger charge is 2.33. The van der Waals surface area contributed by atoms with E-state index < -0.39 is 10.0 Å². The number of ether oxygens (including phenoxy) is 1. The van der Waals surface area contributed by atoms with Crippen LogP contribution in [0.15, 0.2) is 23.1 Å². The molecule has 2 atom stereocenters. The Morgan fingerprint density at radius 1 is 1.37 bits per heavy atom. The van der Waals surface area contributed by atoms with Crippen molar-refractivity contribution in [2.75, 3.05) is 19.7 Å². The molecule has 1 aliphatic rings. The summed E-state index contributed by atoms with van der Waals surface area (Å²) in [5.74, 6) is 0.354.